The molecule has 2 amide bonds. The summed E-state index contributed by atoms with van der Waals surface area (Å²) in [5, 5.41) is 2.87. The van der Waals surface area contributed by atoms with Gasteiger partial charge in [-0.1, -0.05) is 61.9 Å². The molecule has 0 spiro atoms. The highest BCUT2D eigenvalue weighted by Gasteiger charge is 2.31. The molecular weight excluding hydrogens is 426 g/mol. The number of carbonyl (C=O) groups is 2. The minimum atomic E-state index is -3.71. The number of sulfonamides is 1. The van der Waals surface area contributed by atoms with Gasteiger partial charge in [-0.25, -0.2) is 8.42 Å². The highest BCUT2D eigenvalue weighted by Crippen LogP contribution is 2.19. The van der Waals surface area contributed by atoms with E-state index in [0.29, 0.717) is 18.7 Å². The smallest absolute Gasteiger partial charge is 0.244 e. The van der Waals surface area contributed by atoms with Crippen LogP contribution in [0.15, 0.2) is 54.6 Å². The number of anilines is 1. The summed E-state index contributed by atoms with van der Waals surface area (Å²) in [5.74, 6) is -0.666. The first-order valence-electron chi connectivity index (χ1n) is 10.8. The van der Waals surface area contributed by atoms with Gasteiger partial charge in [0.1, 0.15) is 12.6 Å². The lowest BCUT2D eigenvalue weighted by atomic mass is 10.1. The molecule has 0 aliphatic carbocycles. The Balaban J connectivity index is 2.39. The molecule has 7 nitrogen and oxygen atoms in total. The average Bonchev–Trinajstić information content (AvgIpc) is 2.75. The Bertz CT molecular complexity index is 1010. The van der Waals surface area contributed by atoms with Crippen LogP contribution in [0.25, 0.3) is 0 Å². The van der Waals surface area contributed by atoms with Crippen molar-refractivity contribution < 1.29 is 18.0 Å². The van der Waals surface area contributed by atoms with Crippen molar-refractivity contribution in [1.82, 2.24) is 10.2 Å². The number of hydrogen-bond donors (Lipinski definition) is 1. The maximum atomic E-state index is 13.5. The standard InChI is InChI=1S/C24H33N3O4S/c1-5-15-25-24(29)22(6-2)26(17-20-12-10-11-19(3)16-20)23(28)18-27(32(4,30)31)21-13-8-7-9-14-21/h7-14,16,22H,5-6,15,17-18H2,1-4H3,(H,25,29). The minimum absolute atomic E-state index is 0.213. The topological polar surface area (TPSA) is 86.8 Å². The van der Waals surface area contributed by atoms with Gasteiger partial charge in [0.15, 0.2) is 0 Å². The molecule has 0 bridgehead atoms. The molecule has 174 valence electrons. The van der Waals surface area contributed by atoms with E-state index in [1.165, 1.54) is 4.90 Å². The Labute approximate surface area is 191 Å². The second-order valence-corrected chi connectivity index (χ2v) is 9.74. The zero-order chi connectivity index (χ0) is 23.7. The fourth-order valence-electron chi connectivity index (χ4n) is 3.50. The van der Waals surface area contributed by atoms with Gasteiger partial charge in [-0.15, -0.1) is 0 Å². The maximum absolute atomic E-state index is 13.5. The molecular formula is C24H33N3O4S. The molecule has 2 aromatic rings. The Morgan fingerprint density at radius 1 is 1.03 bits per heavy atom. The third kappa shape index (κ3) is 7.09. The van der Waals surface area contributed by atoms with Gasteiger partial charge in [-0.2, -0.15) is 0 Å². The summed E-state index contributed by atoms with van der Waals surface area (Å²) >= 11 is 0. The van der Waals surface area contributed by atoms with E-state index in [9.17, 15) is 18.0 Å². The summed E-state index contributed by atoms with van der Waals surface area (Å²) in [4.78, 5) is 27.8. The summed E-state index contributed by atoms with van der Waals surface area (Å²) in [7, 11) is -3.71. The molecule has 0 fully saturated rings. The van der Waals surface area contributed by atoms with Crippen molar-refractivity contribution in [3.8, 4) is 0 Å². The molecule has 0 aromatic heterocycles. The first-order valence-corrected chi connectivity index (χ1v) is 12.7. The van der Waals surface area contributed by atoms with Crippen LogP contribution in [0.1, 0.15) is 37.8 Å². The summed E-state index contributed by atoms with van der Waals surface area (Å²) in [6, 6.07) is 15.5. The third-order valence-corrected chi connectivity index (χ3v) is 6.23. The Hall–Kier alpha value is -2.87. The highest BCUT2D eigenvalue weighted by atomic mass is 32.2. The van der Waals surface area contributed by atoms with E-state index in [1.807, 2.05) is 45.0 Å². The quantitative estimate of drug-likeness (QED) is 0.559. The number of carbonyl (C=O) groups excluding carboxylic acids is 2. The Morgan fingerprint density at radius 3 is 2.28 bits per heavy atom. The average molecular weight is 460 g/mol. The molecule has 1 unspecified atom stereocenters. The lowest BCUT2D eigenvalue weighted by molar-refractivity contribution is -0.140. The zero-order valence-corrected chi connectivity index (χ0v) is 20.1. The van der Waals surface area contributed by atoms with Crippen molar-refractivity contribution >= 4 is 27.5 Å². The first-order chi connectivity index (χ1) is 15.2. The molecule has 0 aliphatic heterocycles. The van der Waals surface area contributed by atoms with E-state index < -0.39 is 22.0 Å². The van der Waals surface area contributed by atoms with Gasteiger partial charge < -0.3 is 10.2 Å². The fraction of sp³-hybridized carbons (Fsp3) is 0.417. The van der Waals surface area contributed by atoms with Crippen molar-refractivity contribution in [2.24, 2.45) is 0 Å². The number of rotatable bonds is 11. The fourth-order valence-corrected chi connectivity index (χ4v) is 4.35. The lowest BCUT2D eigenvalue weighted by Gasteiger charge is -2.33. The zero-order valence-electron chi connectivity index (χ0n) is 19.2. The van der Waals surface area contributed by atoms with Gasteiger partial charge in [-0.05, 0) is 37.5 Å². The predicted octanol–water partition coefficient (Wildman–Crippen LogP) is 3.09. The summed E-state index contributed by atoms with van der Waals surface area (Å²) < 4.78 is 26.0. The summed E-state index contributed by atoms with van der Waals surface area (Å²) in [5.41, 5.74) is 2.33. The highest BCUT2D eigenvalue weighted by molar-refractivity contribution is 7.92. The van der Waals surface area contributed by atoms with E-state index in [1.54, 1.807) is 30.3 Å². The number of benzene rings is 2. The summed E-state index contributed by atoms with van der Waals surface area (Å²) in [6.45, 7) is 6.11. The summed E-state index contributed by atoms with van der Waals surface area (Å²) in [6.07, 6.45) is 2.27. The van der Waals surface area contributed by atoms with E-state index >= 15 is 0 Å². The number of nitrogens with zero attached hydrogens (tertiary/aromatic N) is 2. The number of para-hydroxylation sites is 1. The second kappa shape index (κ2) is 11.7. The van der Waals surface area contributed by atoms with Gasteiger partial charge in [0.2, 0.25) is 21.8 Å². The van der Waals surface area contributed by atoms with Gasteiger partial charge in [0.05, 0.1) is 11.9 Å². The number of hydrogen-bond acceptors (Lipinski definition) is 4. The van der Waals surface area contributed by atoms with Crippen molar-refractivity contribution in [3.05, 3.63) is 65.7 Å². The van der Waals surface area contributed by atoms with Crippen LogP contribution in [0.5, 0.6) is 0 Å². The van der Waals surface area contributed by atoms with E-state index in [2.05, 4.69) is 5.32 Å². The second-order valence-electron chi connectivity index (χ2n) is 7.83. The molecule has 1 N–H and O–H groups in total. The molecule has 0 radical (unpaired) electrons. The van der Waals surface area contributed by atoms with E-state index in [4.69, 9.17) is 0 Å². The van der Waals surface area contributed by atoms with Crippen LogP contribution < -0.4 is 9.62 Å². The monoisotopic (exact) mass is 459 g/mol. The van der Waals surface area contributed by atoms with Crippen LogP contribution in [-0.4, -0.2) is 50.5 Å². The molecule has 0 saturated heterocycles. The van der Waals surface area contributed by atoms with Gasteiger partial charge in [-0.3, -0.25) is 13.9 Å². The number of aryl methyl sites for hydroxylation is 1. The van der Waals surface area contributed by atoms with E-state index in [0.717, 1.165) is 28.1 Å². The number of nitrogens with one attached hydrogen (secondary N) is 1. The maximum Gasteiger partial charge on any atom is 0.244 e. The van der Waals surface area contributed by atoms with Crippen molar-refractivity contribution in [3.63, 3.8) is 0 Å². The molecule has 0 saturated carbocycles. The molecule has 8 heteroatoms. The van der Waals surface area contributed by atoms with Crippen LogP contribution in [0.4, 0.5) is 5.69 Å². The molecule has 2 rings (SSSR count). The Kier molecular flexibility index (Phi) is 9.26. The first kappa shape index (κ1) is 25.4. The van der Waals surface area contributed by atoms with Gasteiger partial charge in [0.25, 0.3) is 0 Å². The van der Waals surface area contributed by atoms with Crippen LogP contribution in [0, 0.1) is 6.92 Å². The molecule has 0 aliphatic rings. The van der Waals surface area contributed by atoms with Gasteiger partial charge >= 0.3 is 0 Å². The van der Waals surface area contributed by atoms with Crippen LogP contribution >= 0.6 is 0 Å². The number of amides is 2. The van der Waals surface area contributed by atoms with Crippen LogP contribution in [0.2, 0.25) is 0 Å². The van der Waals surface area contributed by atoms with Crippen molar-refractivity contribution in [2.75, 3.05) is 23.7 Å². The molecule has 2 aromatic carbocycles. The minimum Gasteiger partial charge on any atom is -0.354 e. The normalized spacial score (nSPS) is 12.1. The molecule has 32 heavy (non-hydrogen) atoms. The lowest BCUT2D eigenvalue weighted by Crippen LogP contribution is -2.52. The third-order valence-electron chi connectivity index (χ3n) is 5.09. The predicted molar refractivity (Wildman–Crippen MR) is 128 cm³/mol. The Morgan fingerprint density at radius 2 is 1.72 bits per heavy atom. The van der Waals surface area contributed by atoms with Crippen LogP contribution in [-0.2, 0) is 26.2 Å². The van der Waals surface area contributed by atoms with Crippen LogP contribution in [0.3, 0.4) is 0 Å². The van der Waals surface area contributed by atoms with Crippen molar-refractivity contribution in [1.29, 1.82) is 0 Å². The molecule has 0 heterocycles. The van der Waals surface area contributed by atoms with Crippen molar-refractivity contribution in [2.45, 2.75) is 46.2 Å². The largest absolute Gasteiger partial charge is 0.354 e. The van der Waals surface area contributed by atoms with E-state index in [-0.39, 0.29) is 19.0 Å². The SMILES string of the molecule is CCCNC(=O)C(CC)N(Cc1cccc(C)c1)C(=O)CN(c1ccccc1)S(C)(=O)=O. The van der Waals surface area contributed by atoms with Gasteiger partial charge in [0, 0.05) is 13.1 Å². The molecule has 1 atom stereocenters.